The van der Waals surface area contributed by atoms with E-state index in [0.717, 1.165) is 32.1 Å². The minimum atomic E-state index is -0.117. The quantitative estimate of drug-likeness (QED) is 0.536. The molecule has 8 heteroatoms. The smallest absolute Gasteiger partial charge is 0.271 e. The van der Waals surface area contributed by atoms with Gasteiger partial charge in [0.05, 0.1) is 27.3 Å². The lowest BCUT2D eigenvalue weighted by Gasteiger charge is -2.10. The molecule has 0 fully saturated rings. The molecule has 0 radical (unpaired) electrons. The maximum Gasteiger partial charge on any atom is 0.271 e. The average Bonchev–Trinajstić information content (AvgIpc) is 3.16. The first-order valence-electron chi connectivity index (χ1n) is 8.47. The molecule has 4 rings (SSSR count). The van der Waals surface area contributed by atoms with E-state index in [0.29, 0.717) is 10.7 Å². The normalized spacial score (nSPS) is 11.0. The van der Waals surface area contributed by atoms with Gasteiger partial charge >= 0.3 is 0 Å². The van der Waals surface area contributed by atoms with E-state index in [-0.39, 0.29) is 5.91 Å². The summed E-state index contributed by atoms with van der Waals surface area (Å²) in [5.41, 5.74) is 3.08. The van der Waals surface area contributed by atoms with Crippen LogP contribution in [0.5, 0.6) is 0 Å². The first kappa shape index (κ1) is 18.5. The number of carbonyl (C=O) groups excluding carboxylic acids is 1. The van der Waals surface area contributed by atoms with Crippen LogP contribution in [0.3, 0.4) is 0 Å². The van der Waals surface area contributed by atoms with Crippen LogP contribution in [0.25, 0.3) is 22.2 Å². The fourth-order valence-electron chi connectivity index (χ4n) is 2.72. The number of hydrogen-bond donors (Lipinski definition) is 1. The minimum absolute atomic E-state index is 0.117. The number of pyridine rings is 2. The zero-order valence-electron chi connectivity index (χ0n) is 15.2. The van der Waals surface area contributed by atoms with Crippen molar-refractivity contribution in [2.75, 3.05) is 14.1 Å². The Morgan fingerprint density at radius 2 is 1.96 bits per heavy atom. The summed E-state index contributed by atoms with van der Waals surface area (Å²) in [6.07, 6.45) is 3.40. The molecule has 140 valence electrons. The molecule has 6 nitrogen and oxygen atoms in total. The number of hydrogen-bond acceptors (Lipinski definition) is 5. The Labute approximate surface area is 171 Å². The van der Waals surface area contributed by atoms with Gasteiger partial charge in [-0.05, 0) is 30.3 Å². The third kappa shape index (κ3) is 3.72. The highest BCUT2D eigenvalue weighted by Crippen LogP contribution is 2.34. The number of fused-ring (bicyclic) bond motifs is 1. The van der Waals surface area contributed by atoms with Gasteiger partial charge in [0.1, 0.15) is 10.7 Å². The number of rotatable bonds is 4. The van der Waals surface area contributed by atoms with Crippen molar-refractivity contribution < 1.29 is 4.79 Å². The molecule has 28 heavy (non-hydrogen) atoms. The molecule has 1 N–H and O–H groups in total. The van der Waals surface area contributed by atoms with E-state index in [2.05, 4.69) is 20.2 Å². The number of carbonyl (C=O) groups is 1. The van der Waals surface area contributed by atoms with Crippen LogP contribution in [0.1, 0.15) is 10.5 Å². The highest BCUT2D eigenvalue weighted by molar-refractivity contribution is 7.99. The van der Waals surface area contributed by atoms with E-state index in [9.17, 15) is 4.79 Å². The monoisotopic (exact) mass is 409 g/mol. The highest BCUT2D eigenvalue weighted by Gasteiger charge is 2.13. The van der Waals surface area contributed by atoms with Gasteiger partial charge in [-0.3, -0.25) is 9.89 Å². The fourth-order valence-corrected chi connectivity index (χ4v) is 3.67. The summed E-state index contributed by atoms with van der Waals surface area (Å²) in [7, 11) is 3.43. The van der Waals surface area contributed by atoms with E-state index in [1.165, 1.54) is 16.7 Å². The molecule has 0 spiro atoms. The second kappa shape index (κ2) is 7.61. The van der Waals surface area contributed by atoms with Gasteiger partial charge in [0.15, 0.2) is 0 Å². The zero-order chi connectivity index (χ0) is 19.7. The number of amides is 1. The summed E-state index contributed by atoms with van der Waals surface area (Å²) >= 11 is 7.41. The summed E-state index contributed by atoms with van der Waals surface area (Å²) in [6, 6.07) is 13.2. The Morgan fingerprint density at radius 3 is 2.71 bits per heavy atom. The molecule has 0 saturated heterocycles. The Morgan fingerprint density at radius 1 is 1.11 bits per heavy atom. The van der Waals surface area contributed by atoms with Gasteiger partial charge < -0.3 is 4.90 Å². The van der Waals surface area contributed by atoms with Gasteiger partial charge in [0, 0.05) is 31.2 Å². The molecule has 1 amide bonds. The summed E-state index contributed by atoms with van der Waals surface area (Å²) in [5, 5.41) is 9.63. The van der Waals surface area contributed by atoms with Gasteiger partial charge in [0.2, 0.25) is 0 Å². The molecule has 3 heterocycles. The number of aromatic nitrogens is 4. The van der Waals surface area contributed by atoms with Crippen molar-refractivity contribution in [3.05, 3.63) is 65.6 Å². The van der Waals surface area contributed by atoms with E-state index in [1.807, 2.05) is 36.4 Å². The number of halogens is 1. The van der Waals surface area contributed by atoms with Gasteiger partial charge in [-0.25, -0.2) is 9.97 Å². The van der Waals surface area contributed by atoms with Crippen LogP contribution < -0.4 is 0 Å². The number of aromatic amines is 1. The first-order valence-corrected chi connectivity index (χ1v) is 9.66. The molecule has 0 aliphatic heterocycles. The van der Waals surface area contributed by atoms with Crippen molar-refractivity contribution in [2.24, 2.45) is 0 Å². The number of nitrogens with zero attached hydrogens (tertiary/aromatic N) is 4. The first-order chi connectivity index (χ1) is 13.5. The van der Waals surface area contributed by atoms with E-state index < -0.39 is 0 Å². The molecular weight excluding hydrogens is 394 g/mol. The average molecular weight is 410 g/mol. The number of benzene rings is 1. The number of H-pyrrole nitrogens is 1. The highest BCUT2D eigenvalue weighted by atomic mass is 35.5. The second-order valence-electron chi connectivity index (χ2n) is 6.33. The predicted octanol–water partition coefficient (Wildman–Crippen LogP) is 4.53. The van der Waals surface area contributed by atoms with Crippen LogP contribution in [-0.4, -0.2) is 45.1 Å². The lowest BCUT2D eigenvalue weighted by atomic mass is 10.1. The van der Waals surface area contributed by atoms with Crippen molar-refractivity contribution in [1.82, 2.24) is 25.1 Å². The predicted molar refractivity (Wildman–Crippen MR) is 111 cm³/mol. The number of nitrogens with one attached hydrogen (secondary N) is 1. The van der Waals surface area contributed by atoms with Crippen molar-refractivity contribution in [3.8, 4) is 11.3 Å². The van der Waals surface area contributed by atoms with Crippen LogP contribution in [-0.2, 0) is 0 Å². The maximum absolute atomic E-state index is 12.1. The van der Waals surface area contributed by atoms with Crippen LogP contribution in [0.4, 0.5) is 0 Å². The van der Waals surface area contributed by atoms with Crippen LogP contribution in [0.2, 0.25) is 5.02 Å². The lowest BCUT2D eigenvalue weighted by molar-refractivity contribution is 0.0822. The SMILES string of the molecule is CN(C)C(=O)c1ccc2cc(-c3[nH]ncc3Sc3ccc(Cl)cn3)ccc2n1. The summed E-state index contributed by atoms with van der Waals surface area (Å²) < 4.78 is 0. The van der Waals surface area contributed by atoms with Crippen molar-refractivity contribution in [2.45, 2.75) is 9.92 Å². The molecule has 0 unspecified atom stereocenters. The maximum atomic E-state index is 12.1. The summed E-state index contributed by atoms with van der Waals surface area (Å²) in [6.45, 7) is 0. The molecule has 0 aliphatic carbocycles. The van der Waals surface area contributed by atoms with Crippen molar-refractivity contribution >= 4 is 40.2 Å². The largest absolute Gasteiger partial charge is 0.343 e. The van der Waals surface area contributed by atoms with E-state index >= 15 is 0 Å². The third-order valence-electron chi connectivity index (χ3n) is 4.12. The van der Waals surface area contributed by atoms with Crippen molar-refractivity contribution in [3.63, 3.8) is 0 Å². The molecule has 4 aromatic rings. The summed E-state index contributed by atoms with van der Waals surface area (Å²) in [5.74, 6) is -0.117. The lowest BCUT2D eigenvalue weighted by Crippen LogP contribution is -2.22. The third-order valence-corrected chi connectivity index (χ3v) is 5.33. The van der Waals surface area contributed by atoms with E-state index in [4.69, 9.17) is 11.6 Å². The van der Waals surface area contributed by atoms with Crippen LogP contribution in [0.15, 0.2) is 64.8 Å². The van der Waals surface area contributed by atoms with Crippen molar-refractivity contribution in [1.29, 1.82) is 0 Å². The van der Waals surface area contributed by atoms with Gasteiger partial charge in [-0.1, -0.05) is 35.5 Å². The van der Waals surface area contributed by atoms with Gasteiger partial charge in [-0.2, -0.15) is 5.10 Å². The molecule has 0 aliphatic rings. The zero-order valence-corrected chi connectivity index (χ0v) is 16.8. The molecular formula is C20H16ClN5OS. The Kier molecular flexibility index (Phi) is 5.02. The van der Waals surface area contributed by atoms with Crippen LogP contribution in [0, 0.1) is 0 Å². The Hall–Kier alpha value is -2.90. The molecule has 3 aromatic heterocycles. The Balaban J connectivity index is 1.66. The molecule has 0 bridgehead atoms. The minimum Gasteiger partial charge on any atom is -0.343 e. The van der Waals surface area contributed by atoms with Gasteiger partial charge in [-0.15, -0.1) is 0 Å². The molecule has 0 saturated carbocycles. The molecule has 1 aromatic carbocycles. The fraction of sp³-hybridized carbons (Fsp3) is 0.100. The van der Waals surface area contributed by atoms with Crippen LogP contribution >= 0.6 is 23.4 Å². The summed E-state index contributed by atoms with van der Waals surface area (Å²) in [4.78, 5) is 23.4. The molecule has 0 atom stereocenters. The second-order valence-corrected chi connectivity index (χ2v) is 7.83. The topological polar surface area (TPSA) is 74.8 Å². The Bertz CT molecular complexity index is 1160. The van der Waals surface area contributed by atoms with E-state index in [1.54, 1.807) is 32.6 Å². The standard InChI is InChI=1S/C20H16ClN5OS/c1-26(2)20(27)16-7-3-12-9-13(4-6-15(12)24-16)19-17(11-23-25-19)28-18-8-5-14(21)10-22-18/h3-11H,1-2H3,(H,23,25). The van der Waals surface area contributed by atoms with Gasteiger partial charge in [0.25, 0.3) is 5.91 Å².